The van der Waals surface area contributed by atoms with Gasteiger partial charge in [0.2, 0.25) is 0 Å². The molecule has 0 fully saturated rings. The summed E-state index contributed by atoms with van der Waals surface area (Å²) in [5, 5.41) is 3.24. The van der Waals surface area contributed by atoms with Gasteiger partial charge in [-0.25, -0.2) is 0 Å². The zero-order chi connectivity index (χ0) is 16.4. The standard InChI is InChI=1S/C18H18N2O4.ClH/c1-21-13-6-8-14(9-7-13)23-18(17-19-10-11-20-17)12-22-15-4-2-3-5-16(15)24-18;/h2-9H,10-12H2,1H3,(H,19,20);1H. The molecule has 4 rings (SSSR count). The molecule has 2 aliphatic rings. The van der Waals surface area contributed by atoms with Crippen molar-refractivity contribution in [1.29, 1.82) is 0 Å². The highest BCUT2D eigenvalue weighted by Crippen LogP contribution is 2.37. The monoisotopic (exact) mass is 362 g/mol. The predicted molar refractivity (Wildman–Crippen MR) is 96.5 cm³/mol. The molecule has 2 aromatic rings. The molecule has 0 amide bonds. The molecule has 0 saturated carbocycles. The van der Waals surface area contributed by atoms with Gasteiger partial charge in [-0.15, -0.1) is 12.4 Å². The van der Waals surface area contributed by atoms with Crippen molar-refractivity contribution in [2.75, 3.05) is 26.8 Å². The smallest absolute Gasteiger partial charge is 0.345 e. The van der Waals surface area contributed by atoms with Gasteiger partial charge in [-0.1, -0.05) is 12.1 Å². The molecule has 1 N–H and O–H groups in total. The van der Waals surface area contributed by atoms with Crippen molar-refractivity contribution >= 4 is 18.2 Å². The number of hydrogen-bond donors (Lipinski definition) is 1. The first-order valence-corrected chi connectivity index (χ1v) is 7.82. The normalized spacial score (nSPS) is 20.8. The largest absolute Gasteiger partial charge is 0.497 e. The molecule has 7 heteroatoms. The Morgan fingerprint density at radius 3 is 2.44 bits per heavy atom. The summed E-state index contributed by atoms with van der Waals surface area (Å²) in [5.41, 5.74) is 0. The molecule has 0 spiro atoms. The highest BCUT2D eigenvalue weighted by atomic mass is 35.5. The van der Waals surface area contributed by atoms with Gasteiger partial charge in [0.05, 0.1) is 13.7 Å². The maximum absolute atomic E-state index is 6.19. The number of fused-ring (bicyclic) bond motifs is 1. The van der Waals surface area contributed by atoms with E-state index < -0.39 is 5.79 Å². The van der Waals surface area contributed by atoms with Crippen LogP contribution in [-0.4, -0.2) is 38.4 Å². The minimum atomic E-state index is -1.13. The van der Waals surface area contributed by atoms with Crippen LogP contribution in [0.4, 0.5) is 0 Å². The lowest BCUT2D eigenvalue weighted by molar-refractivity contribution is -0.101. The summed E-state index contributed by atoms with van der Waals surface area (Å²) >= 11 is 0. The van der Waals surface area contributed by atoms with E-state index in [2.05, 4.69) is 10.3 Å². The quantitative estimate of drug-likeness (QED) is 0.906. The van der Waals surface area contributed by atoms with Crippen molar-refractivity contribution < 1.29 is 18.9 Å². The summed E-state index contributed by atoms with van der Waals surface area (Å²) in [7, 11) is 1.63. The van der Waals surface area contributed by atoms with Crippen LogP contribution in [0.2, 0.25) is 0 Å². The SMILES string of the molecule is COc1ccc(OC2(C3=NCCN3)COc3ccccc3O2)cc1.Cl. The molecule has 0 aliphatic carbocycles. The molecule has 0 saturated heterocycles. The number of ether oxygens (including phenoxy) is 4. The Labute approximate surface area is 152 Å². The average Bonchev–Trinajstić information content (AvgIpc) is 3.18. The Morgan fingerprint density at radius 2 is 1.76 bits per heavy atom. The molecule has 25 heavy (non-hydrogen) atoms. The van der Waals surface area contributed by atoms with Crippen LogP contribution in [0.15, 0.2) is 53.5 Å². The number of para-hydroxylation sites is 2. The van der Waals surface area contributed by atoms with Gasteiger partial charge in [0.15, 0.2) is 23.9 Å². The van der Waals surface area contributed by atoms with Gasteiger partial charge in [0.25, 0.3) is 0 Å². The van der Waals surface area contributed by atoms with Gasteiger partial charge < -0.3 is 24.3 Å². The molecule has 2 aliphatic heterocycles. The topological polar surface area (TPSA) is 61.3 Å². The first-order valence-electron chi connectivity index (χ1n) is 7.82. The fourth-order valence-electron chi connectivity index (χ4n) is 2.74. The van der Waals surface area contributed by atoms with Crippen molar-refractivity contribution in [2.45, 2.75) is 5.79 Å². The highest BCUT2D eigenvalue weighted by molar-refractivity contribution is 5.91. The summed E-state index contributed by atoms with van der Waals surface area (Å²) in [6.45, 7) is 1.66. The van der Waals surface area contributed by atoms with Crippen LogP contribution in [0, 0.1) is 0 Å². The maximum Gasteiger partial charge on any atom is 0.345 e. The zero-order valence-electron chi connectivity index (χ0n) is 13.7. The summed E-state index contributed by atoms with van der Waals surface area (Å²) in [6, 6.07) is 14.9. The van der Waals surface area contributed by atoms with E-state index in [0.29, 0.717) is 29.6 Å². The number of nitrogens with zero attached hydrogens (tertiary/aromatic N) is 1. The highest BCUT2D eigenvalue weighted by Gasteiger charge is 2.47. The van der Waals surface area contributed by atoms with Crippen LogP contribution in [0.25, 0.3) is 0 Å². The molecule has 0 aromatic heterocycles. The number of aliphatic imine (C=N–C) groups is 1. The second-order valence-corrected chi connectivity index (χ2v) is 5.53. The Balaban J connectivity index is 0.00000182. The van der Waals surface area contributed by atoms with E-state index in [4.69, 9.17) is 18.9 Å². The number of benzene rings is 2. The minimum absolute atomic E-state index is 0. The van der Waals surface area contributed by atoms with Crippen LogP contribution in [-0.2, 0) is 0 Å². The first-order chi connectivity index (χ1) is 11.8. The van der Waals surface area contributed by atoms with Crippen molar-refractivity contribution in [2.24, 2.45) is 4.99 Å². The summed E-state index contributed by atoms with van der Waals surface area (Å²) < 4.78 is 23.4. The van der Waals surface area contributed by atoms with Crippen LogP contribution in [0.3, 0.4) is 0 Å². The number of hydrogen-bond acceptors (Lipinski definition) is 6. The number of methoxy groups -OCH3 is 1. The third-order valence-electron chi connectivity index (χ3n) is 3.92. The van der Waals surface area contributed by atoms with Crippen LogP contribution in [0.5, 0.6) is 23.0 Å². The van der Waals surface area contributed by atoms with Gasteiger partial charge in [-0.05, 0) is 36.4 Å². The number of nitrogens with one attached hydrogen (secondary N) is 1. The Morgan fingerprint density at radius 1 is 1.04 bits per heavy atom. The van der Waals surface area contributed by atoms with Gasteiger partial charge >= 0.3 is 5.79 Å². The van der Waals surface area contributed by atoms with Gasteiger partial charge in [0, 0.05) is 6.54 Å². The van der Waals surface area contributed by atoms with E-state index in [-0.39, 0.29) is 19.0 Å². The predicted octanol–water partition coefficient (Wildman–Crippen LogP) is 2.67. The van der Waals surface area contributed by atoms with Crippen molar-refractivity contribution in [3.05, 3.63) is 48.5 Å². The fourth-order valence-corrected chi connectivity index (χ4v) is 2.74. The molecule has 1 atom stereocenters. The minimum Gasteiger partial charge on any atom is -0.497 e. The number of rotatable bonds is 4. The van der Waals surface area contributed by atoms with Gasteiger partial charge in [0.1, 0.15) is 11.5 Å². The van der Waals surface area contributed by atoms with E-state index in [1.165, 1.54) is 0 Å². The number of halogens is 1. The van der Waals surface area contributed by atoms with E-state index in [1.807, 2.05) is 48.5 Å². The van der Waals surface area contributed by atoms with E-state index in [1.54, 1.807) is 7.11 Å². The summed E-state index contributed by atoms with van der Waals surface area (Å²) in [6.07, 6.45) is 0. The third kappa shape index (κ3) is 3.30. The van der Waals surface area contributed by atoms with Gasteiger partial charge in [-0.2, -0.15) is 0 Å². The Bertz CT molecular complexity index is 766. The molecule has 0 radical (unpaired) electrons. The Kier molecular flexibility index (Phi) is 4.90. The Hall–Kier alpha value is -2.60. The molecule has 1 unspecified atom stereocenters. The van der Waals surface area contributed by atoms with Crippen LogP contribution < -0.4 is 24.3 Å². The third-order valence-corrected chi connectivity index (χ3v) is 3.92. The molecular weight excluding hydrogens is 344 g/mol. The van der Waals surface area contributed by atoms with Gasteiger partial charge in [-0.3, -0.25) is 4.99 Å². The van der Waals surface area contributed by atoms with Crippen molar-refractivity contribution in [3.63, 3.8) is 0 Å². The lowest BCUT2D eigenvalue weighted by Crippen LogP contribution is -2.59. The molecule has 2 aromatic carbocycles. The second-order valence-electron chi connectivity index (χ2n) is 5.53. The molecule has 132 valence electrons. The molecule has 0 bridgehead atoms. The lowest BCUT2D eigenvalue weighted by atomic mass is 10.2. The second kappa shape index (κ2) is 7.11. The van der Waals surface area contributed by atoms with E-state index in [9.17, 15) is 0 Å². The molecule has 2 heterocycles. The molecular formula is C18H19ClN2O4. The van der Waals surface area contributed by atoms with Crippen LogP contribution in [0.1, 0.15) is 0 Å². The van der Waals surface area contributed by atoms with Crippen molar-refractivity contribution in [1.82, 2.24) is 5.32 Å². The number of amidine groups is 1. The fraction of sp³-hybridized carbons (Fsp3) is 0.278. The summed E-state index contributed by atoms with van der Waals surface area (Å²) in [4.78, 5) is 4.49. The molecule has 6 nitrogen and oxygen atoms in total. The van der Waals surface area contributed by atoms with Crippen molar-refractivity contribution in [3.8, 4) is 23.0 Å². The lowest BCUT2D eigenvalue weighted by Gasteiger charge is -2.37. The summed E-state index contributed by atoms with van der Waals surface area (Å²) in [5.74, 6) is 2.26. The van der Waals surface area contributed by atoms with E-state index >= 15 is 0 Å². The van der Waals surface area contributed by atoms with Crippen LogP contribution >= 0.6 is 12.4 Å². The maximum atomic E-state index is 6.19. The van der Waals surface area contributed by atoms with E-state index in [0.717, 1.165) is 12.3 Å². The zero-order valence-corrected chi connectivity index (χ0v) is 14.5. The first kappa shape index (κ1) is 17.2. The average molecular weight is 363 g/mol.